The minimum atomic E-state index is -0.478. The number of aliphatic hydroxyl groups is 1. The third kappa shape index (κ3) is 2.94. The summed E-state index contributed by atoms with van der Waals surface area (Å²) in [5.74, 6) is 1.49. The number of nitrogens with one attached hydrogen (secondary N) is 2. The molecule has 162 valence electrons. The normalized spacial score (nSPS) is 31.3. The number of H-pyrrole nitrogens is 1. The number of aromatic nitrogens is 4. The number of carbonyl (C=O) groups excluding carboxylic acids is 1. The molecule has 3 aromatic heterocycles. The monoisotopic (exact) mass is 422 g/mol. The standard InChI is InChI=1S/C22H26N6O3/c1-28(2)21(29)20-26-19(27-31-20)15-10-24-18-14(3-4-23-18)17(15)25-16-12-5-11-6-13(16)9-22(30,7-11)8-12/h3-4,10-13,16,30H,5-9H2,1-2H3,(H2,23,24,25)/t11?,12-,13+,16+,22-. The van der Waals surface area contributed by atoms with E-state index < -0.39 is 5.60 Å². The zero-order valence-corrected chi connectivity index (χ0v) is 17.6. The molecule has 0 aliphatic heterocycles. The summed E-state index contributed by atoms with van der Waals surface area (Å²) < 4.78 is 5.24. The largest absolute Gasteiger partial charge is 0.390 e. The van der Waals surface area contributed by atoms with E-state index in [2.05, 4.69) is 25.4 Å². The predicted octanol–water partition coefficient (Wildman–Crippen LogP) is 2.67. The predicted molar refractivity (Wildman–Crippen MR) is 113 cm³/mol. The van der Waals surface area contributed by atoms with Gasteiger partial charge in [-0.25, -0.2) is 4.98 Å². The van der Waals surface area contributed by atoms with Crippen LogP contribution in [0.15, 0.2) is 23.0 Å². The van der Waals surface area contributed by atoms with Gasteiger partial charge in [-0.15, -0.1) is 0 Å². The van der Waals surface area contributed by atoms with E-state index in [4.69, 9.17) is 4.52 Å². The van der Waals surface area contributed by atoms with E-state index in [1.54, 1.807) is 20.3 Å². The molecule has 4 saturated carbocycles. The highest BCUT2D eigenvalue weighted by molar-refractivity contribution is 5.97. The van der Waals surface area contributed by atoms with Gasteiger partial charge in [0.15, 0.2) is 0 Å². The fourth-order valence-electron chi connectivity index (χ4n) is 6.33. The molecule has 31 heavy (non-hydrogen) atoms. The van der Waals surface area contributed by atoms with Gasteiger partial charge in [0.05, 0.1) is 16.9 Å². The molecule has 0 radical (unpaired) electrons. The second kappa shape index (κ2) is 6.53. The number of hydrogen-bond donors (Lipinski definition) is 3. The van der Waals surface area contributed by atoms with Gasteiger partial charge < -0.3 is 24.8 Å². The number of fused-ring (bicyclic) bond motifs is 1. The number of carbonyl (C=O) groups is 1. The Morgan fingerprint density at radius 3 is 2.77 bits per heavy atom. The zero-order valence-electron chi connectivity index (χ0n) is 17.6. The highest BCUT2D eigenvalue weighted by atomic mass is 16.5. The summed E-state index contributed by atoms with van der Waals surface area (Å²) in [7, 11) is 3.29. The Hall–Kier alpha value is -2.94. The van der Waals surface area contributed by atoms with Crippen LogP contribution in [0, 0.1) is 17.8 Å². The lowest BCUT2D eigenvalue weighted by Gasteiger charge is -2.58. The molecule has 9 nitrogen and oxygen atoms in total. The first-order chi connectivity index (χ1) is 14.9. The van der Waals surface area contributed by atoms with Gasteiger partial charge in [-0.3, -0.25) is 4.79 Å². The molecule has 7 rings (SSSR count). The van der Waals surface area contributed by atoms with Crippen molar-refractivity contribution in [2.75, 3.05) is 19.4 Å². The molecule has 3 aromatic rings. The Morgan fingerprint density at radius 1 is 1.29 bits per heavy atom. The van der Waals surface area contributed by atoms with E-state index in [1.165, 1.54) is 4.90 Å². The average Bonchev–Trinajstić information content (AvgIpc) is 3.38. The highest BCUT2D eigenvalue weighted by Gasteiger charge is 2.54. The van der Waals surface area contributed by atoms with Crippen LogP contribution in [0.2, 0.25) is 0 Å². The van der Waals surface area contributed by atoms with E-state index >= 15 is 0 Å². The highest BCUT2D eigenvalue weighted by Crippen LogP contribution is 2.56. The van der Waals surface area contributed by atoms with Crippen LogP contribution in [0.25, 0.3) is 22.4 Å². The van der Waals surface area contributed by atoms with Gasteiger partial charge in [0.1, 0.15) is 5.65 Å². The topological polar surface area (TPSA) is 120 Å². The van der Waals surface area contributed by atoms with E-state index in [-0.39, 0.29) is 17.8 Å². The first kappa shape index (κ1) is 18.8. The molecular weight excluding hydrogens is 396 g/mol. The summed E-state index contributed by atoms with van der Waals surface area (Å²) in [4.78, 5) is 25.7. The molecule has 0 aromatic carbocycles. The SMILES string of the molecule is CN(C)C(=O)c1nc(-c2cnc3[nH]ccc3c2N[C@H]2[C@@H]3CC4C[C@H]2C[C@@](O)(C4)C3)no1. The number of rotatable bonds is 4. The minimum Gasteiger partial charge on any atom is -0.390 e. The maximum atomic E-state index is 12.2. The van der Waals surface area contributed by atoms with Gasteiger partial charge in [0.25, 0.3) is 0 Å². The minimum absolute atomic E-state index is 0.0445. The molecule has 0 spiro atoms. The molecule has 5 atom stereocenters. The molecule has 4 fully saturated rings. The second-order valence-electron chi connectivity index (χ2n) is 9.77. The summed E-state index contributed by atoms with van der Waals surface area (Å²) >= 11 is 0. The van der Waals surface area contributed by atoms with Crippen molar-refractivity contribution in [3.8, 4) is 11.4 Å². The first-order valence-electron chi connectivity index (χ1n) is 10.9. The maximum absolute atomic E-state index is 12.2. The molecule has 4 aliphatic carbocycles. The lowest BCUT2D eigenvalue weighted by atomic mass is 9.52. The molecule has 9 heteroatoms. The van der Waals surface area contributed by atoms with Crippen LogP contribution in [-0.2, 0) is 0 Å². The van der Waals surface area contributed by atoms with Gasteiger partial charge in [-0.1, -0.05) is 5.16 Å². The number of anilines is 1. The molecular formula is C22H26N6O3. The Labute approximate surface area is 179 Å². The van der Waals surface area contributed by atoms with Crippen LogP contribution in [0.1, 0.15) is 42.8 Å². The Morgan fingerprint density at radius 2 is 2.06 bits per heavy atom. The number of hydrogen-bond acceptors (Lipinski definition) is 7. The molecule has 4 bridgehead atoms. The Bertz CT molecular complexity index is 1150. The molecule has 3 N–H and O–H groups in total. The van der Waals surface area contributed by atoms with Crippen molar-refractivity contribution in [3.63, 3.8) is 0 Å². The number of pyridine rings is 1. The van der Waals surface area contributed by atoms with Crippen molar-refractivity contribution in [1.82, 2.24) is 25.0 Å². The summed E-state index contributed by atoms with van der Waals surface area (Å²) in [6, 6.07) is 2.27. The van der Waals surface area contributed by atoms with Gasteiger partial charge >= 0.3 is 11.8 Å². The Kier molecular flexibility index (Phi) is 3.96. The van der Waals surface area contributed by atoms with E-state index in [9.17, 15) is 9.90 Å². The van der Waals surface area contributed by atoms with E-state index in [0.29, 0.717) is 29.1 Å². The number of nitrogens with zero attached hydrogens (tertiary/aromatic N) is 4. The quantitative estimate of drug-likeness (QED) is 0.591. The zero-order chi connectivity index (χ0) is 21.3. The van der Waals surface area contributed by atoms with Crippen LogP contribution in [0.4, 0.5) is 5.69 Å². The molecule has 4 aliphatic rings. The van der Waals surface area contributed by atoms with Crippen molar-refractivity contribution in [2.45, 2.75) is 43.7 Å². The van der Waals surface area contributed by atoms with Crippen molar-refractivity contribution in [3.05, 3.63) is 24.4 Å². The third-order valence-corrected chi connectivity index (χ3v) is 7.39. The molecule has 1 amide bonds. The molecule has 0 saturated heterocycles. The molecule has 1 unspecified atom stereocenters. The number of amides is 1. The van der Waals surface area contributed by atoms with E-state index in [1.807, 2.05) is 12.3 Å². The fourth-order valence-corrected chi connectivity index (χ4v) is 6.33. The van der Waals surface area contributed by atoms with Gasteiger partial charge in [-0.2, -0.15) is 4.98 Å². The average molecular weight is 422 g/mol. The Balaban J connectivity index is 1.39. The lowest BCUT2D eigenvalue weighted by Crippen LogP contribution is -2.59. The maximum Gasteiger partial charge on any atom is 0.316 e. The summed E-state index contributed by atoms with van der Waals surface area (Å²) in [5, 5.41) is 19.8. The van der Waals surface area contributed by atoms with Crippen LogP contribution in [-0.4, -0.2) is 61.8 Å². The van der Waals surface area contributed by atoms with Crippen molar-refractivity contribution >= 4 is 22.6 Å². The van der Waals surface area contributed by atoms with Crippen molar-refractivity contribution < 1.29 is 14.4 Å². The van der Waals surface area contributed by atoms with Crippen LogP contribution < -0.4 is 5.32 Å². The summed E-state index contributed by atoms with van der Waals surface area (Å²) in [5.41, 5.74) is 1.91. The van der Waals surface area contributed by atoms with Crippen LogP contribution in [0.3, 0.4) is 0 Å². The van der Waals surface area contributed by atoms with Crippen LogP contribution in [0.5, 0.6) is 0 Å². The first-order valence-corrected chi connectivity index (χ1v) is 10.9. The van der Waals surface area contributed by atoms with E-state index in [0.717, 1.165) is 48.8 Å². The number of aromatic amines is 1. The second-order valence-corrected chi connectivity index (χ2v) is 9.77. The summed E-state index contributed by atoms with van der Waals surface area (Å²) in [6.07, 6.45) is 8.59. The van der Waals surface area contributed by atoms with Gasteiger partial charge in [-0.05, 0) is 55.9 Å². The van der Waals surface area contributed by atoms with Gasteiger partial charge in [0.2, 0.25) is 5.82 Å². The summed E-state index contributed by atoms with van der Waals surface area (Å²) in [6.45, 7) is 0. The van der Waals surface area contributed by atoms with Crippen molar-refractivity contribution in [2.24, 2.45) is 17.8 Å². The molecule has 3 heterocycles. The lowest BCUT2D eigenvalue weighted by molar-refractivity contribution is -0.129. The van der Waals surface area contributed by atoms with Gasteiger partial charge in [0, 0.05) is 37.9 Å². The smallest absolute Gasteiger partial charge is 0.316 e. The van der Waals surface area contributed by atoms with Crippen LogP contribution >= 0.6 is 0 Å². The van der Waals surface area contributed by atoms with Crippen molar-refractivity contribution in [1.29, 1.82) is 0 Å². The fraction of sp³-hybridized carbons (Fsp3) is 0.545. The third-order valence-electron chi connectivity index (χ3n) is 7.39.